The molecule has 0 fully saturated rings. The lowest BCUT2D eigenvalue weighted by atomic mass is 10.1. The van der Waals surface area contributed by atoms with E-state index < -0.39 is 0 Å². The van der Waals surface area contributed by atoms with Gasteiger partial charge in [0.2, 0.25) is 0 Å². The smallest absolute Gasteiger partial charge is 0.260 e. The molecule has 5 nitrogen and oxygen atoms in total. The van der Waals surface area contributed by atoms with Gasteiger partial charge in [0.25, 0.3) is 5.56 Å². The zero-order chi connectivity index (χ0) is 13.9. The molecule has 20 heavy (non-hydrogen) atoms. The van der Waals surface area contributed by atoms with Crippen molar-refractivity contribution in [2.24, 2.45) is 0 Å². The predicted octanol–water partition coefficient (Wildman–Crippen LogP) is 2.84. The van der Waals surface area contributed by atoms with Gasteiger partial charge in [-0.05, 0) is 30.3 Å². The SMILES string of the molecule is O=c1[nH]c2ccc(O)cc2c2oc3cc(O)ccc3c12. The maximum atomic E-state index is 12.2. The van der Waals surface area contributed by atoms with E-state index >= 15 is 0 Å². The number of fused-ring (bicyclic) bond motifs is 5. The van der Waals surface area contributed by atoms with E-state index in [0.717, 1.165) is 0 Å². The Morgan fingerprint density at radius 1 is 0.950 bits per heavy atom. The number of phenolic OH excluding ortho intramolecular Hbond substituents is 2. The Labute approximate surface area is 111 Å². The fourth-order valence-electron chi connectivity index (χ4n) is 2.51. The number of hydrogen-bond donors (Lipinski definition) is 3. The summed E-state index contributed by atoms with van der Waals surface area (Å²) in [6, 6.07) is 9.26. The van der Waals surface area contributed by atoms with Gasteiger partial charge in [0.15, 0.2) is 0 Å². The molecule has 0 amide bonds. The van der Waals surface area contributed by atoms with Crippen molar-refractivity contribution in [1.29, 1.82) is 0 Å². The van der Waals surface area contributed by atoms with Crippen LogP contribution in [0.25, 0.3) is 32.8 Å². The molecule has 2 aromatic carbocycles. The highest BCUT2D eigenvalue weighted by atomic mass is 16.3. The molecule has 0 saturated carbocycles. The van der Waals surface area contributed by atoms with E-state index in [-0.39, 0.29) is 17.1 Å². The van der Waals surface area contributed by atoms with E-state index in [1.807, 2.05) is 0 Å². The van der Waals surface area contributed by atoms with Crippen molar-refractivity contribution >= 4 is 32.8 Å². The summed E-state index contributed by atoms with van der Waals surface area (Å²) in [4.78, 5) is 15.0. The van der Waals surface area contributed by atoms with Crippen molar-refractivity contribution in [1.82, 2.24) is 4.98 Å². The van der Waals surface area contributed by atoms with Gasteiger partial charge < -0.3 is 19.6 Å². The molecular formula is C15H9NO4. The number of nitrogens with one attached hydrogen (secondary N) is 1. The van der Waals surface area contributed by atoms with Crippen LogP contribution in [0.3, 0.4) is 0 Å². The molecular weight excluding hydrogens is 258 g/mol. The van der Waals surface area contributed by atoms with Crippen molar-refractivity contribution in [3.05, 3.63) is 46.8 Å². The van der Waals surface area contributed by atoms with E-state index in [1.54, 1.807) is 12.1 Å². The number of hydrogen-bond acceptors (Lipinski definition) is 4. The lowest BCUT2D eigenvalue weighted by Gasteiger charge is -1.99. The second kappa shape index (κ2) is 3.54. The van der Waals surface area contributed by atoms with Crippen LogP contribution >= 0.6 is 0 Å². The van der Waals surface area contributed by atoms with Crippen LogP contribution in [0.15, 0.2) is 45.6 Å². The van der Waals surface area contributed by atoms with E-state index in [9.17, 15) is 15.0 Å². The van der Waals surface area contributed by atoms with Gasteiger partial charge in [-0.2, -0.15) is 0 Å². The zero-order valence-electron chi connectivity index (χ0n) is 10.2. The quantitative estimate of drug-likeness (QED) is 0.457. The second-order valence-corrected chi connectivity index (χ2v) is 4.67. The molecule has 98 valence electrons. The van der Waals surface area contributed by atoms with Gasteiger partial charge in [-0.1, -0.05) is 0 Å². The molecule has 0 unspecified atom stereocenters. The molecule has 0 saturated heterocycles. The van der Waals surface area contributed by atoms with E-state index in [0.29, 0.717) is 32.8 Å². The average molecular weight is 267 g/mol. The van der Waals surface area contributed by atoms with Crippen molar-refractivity contribution in [3.8, 4) is 11.5 Å². The monoisotopic (exact) mass is 267 g/mol. The Hall–Kier alpha value is -2.95. The average Bonchev–Trinajstić information content (AvgIpc) is 2.79. The van der Waals surface area contributed by atoms with Crippen molar-refractivity contribution < 1.29 is 14.6 Å². The minimum absolute atomic E-state index is 0.0696. The van der Waals surface area contributed by atoms with Gasteiger partial charge >= 0.3 is 0 Å². The molecule has 0 aliphatic heterocycles. The zero-order valence-corrected chi connectivity index (χ0v) is 10.2. The summed E-state index contributed by atoms with van der Waals surface area (Å²) >= 11 is 0. The number of furan rings is 1. The molecule has 4 aromatic rings. The molecule has 2 heterocycles. The molecule has 2 aromatic heterocycles. The number of benzene rings is 2. The summed E-state index contributed by atoms with van der Waals surface area (Å²) in [6.07, 6.45) is 0. The maximum Gasteiger partial charge on any atom is 0.260 e. The van der Waals surface area contributed by atoms with Crippen molar-refractivity contribution in [2.75, 3.05) is 0 Å². The first-order chi connectivity index (χ1) is 9.63. The molecule has 4 rings (SSSR count). The number of aromatic amines is 1. The van der Waals surface area contributed by atoms with Crippen molar-refractivity contribution in [3.63, 3.8) is 0 Å². The highest BCUT2D eigenvalue weighted by molar-refractivity contribution is 6.13. The number of aromatic hydroxyl groups is 2. The fraction of sp³-hybridized carbons (Fsp3) is 0. The van der Waals surface area contributed by atoms with Crippen LogP contribution in [0.2, 0.25) is 0 Å². The minimum Gasteiger partial charge on any atom is -0.508 e. The number of aromatic nitrogens is 1. The summed E-state index contributed by atoms with van der Waals surface area (Å²) in [6.45, 7) is 0. The second-order valence-electron chi connectivity index (χ2n) is 4.67. The lowest BCUT2D eigenvalue weighted by molar-refractivity contribution is 0.474. The van der Waals surface area contributed by atoms with E-state index in [4.69, 9.17) is 4.42 Å². The Bertz CT molecular complexity index is 1040. The molecule has 0 spiro atoms. The Morgan fingerprint density at radius 2 is 1.70 bits per heavy atom. The maximum absolute atomic E-state index is 12.2. The molecule has 0 radical (unpaired) electrons. The molecule has 0 atom stereocenters. The van der Waals surface area contributed by atoms with Crippen LogP contribution in [0.4, 0.5) is 0 Å². The van der Waals surface area contributed by atoms with Crippen LogP contribution in [-0.4, -0.2) is 15.2 Å². The topological polar surface area (TPSA) is 86.5 Å². The summed E-state index contributed by atoms with van der Waals surface area (Å²) in [7, 11) is 0. The normalized spacial score (nSPS) is 11.6. The molecule has 5 heteroatoms. The predicted molar refractivity (Wildman–Crippen MR) is 75.2 cm³/mol. The Kier molecular flexibility index (Phi) is 1.93. The van der Waals surface area contributed by atoms with Gasteiger partial charge in [0.05, 0.1) is 10.9 Å². The standard InChI is InChI=1S/C15H9NO4/c17-7-2-4-11-10(5-7)14-13(15(19)16-11)9-3-1-8(18)6-12(9)20-14/h1-6,17-18H,(H,16,19). The van der Waals surface area contributed by atoms with E-state index in [2.05, 4.69) is 4.98 Å². The van der Waals surface area contributed by atoms with Gasteiger partial charge in [0, 0.05) is 16.8 Å². The summed E-state index contributed by atoms with van der Waals surface area (Å²) < 4.78 is 5.69. The first-order valence-electron chi connectivity index (χ1n) is 6.04. The van der Waals surface area contributed by atoms with Gasteiger partial charge in [-0.15, -0.1) is 0 Å². The third-order valence-corrected chi connectivity index (χ3v) is 3.40. The Balaban J connectivity index is 2.34. The molecule has 0 aliphatic carbocycles. The molecule has 3 N–H and O–H groups in total. The Morgan fingerprint density at radius 3 is 2.55 bits per heavy atom. The summed E-state index contributed by atoms with van der Waals surface area (Å²) in [5, 5.41) is 20.8. The van der Waals surface area contributed by atoms with Crippen LogP contribution in [-0.2, 0) is 0 Å². The van der Waals surface area contributed by atoms with Gasteiger partial charge in [-0.25, -0.2) is 0 Å². The summed E-state index contributed by atoms with van der Waals surface area (Å²) in [5.74, 6) is 0.161. The van der Waals surface area contributed by atoms with Gasteiger partial charge in [-0.3, -0.25) is 4.79 Å². The first kappa shape index (κ1) is 10.9. The van der Waals surface area contributed by atoms with Crippen LogP contribution in [0, 0.1) is 0 Å². The largest absolute Gasteiger partial charge is 0.508 e. The van der Waals surface area contributed by atoms with Crippen molar-refractivity contribution in [2.45, 2.75) is 0 Å². The third kappa shape index (κ3) is 1.34. The van der Waals surface area contributed by atoms with E-state index in [1.165, 1.54) is 24.3 Å². The number of rotatable bonds is 0. The minimum atomic E-state index is -0.261. The fourth-order valence-corrected chi connectivity index (χ4v) is 2.51. The third-order valence-electron chi connectivity index (χ3n) is 3.40. The number of pyridine rings is 1. The highest BCUT2D eigenvalue weighted by Crippen LogP contribution is 2.33. The highest BCUT2D eigenvalue weighted by Gasteiger charge is 2.14. The molecule has 0 bridgehead atoms. The first-order valence-corrected chi connectivity index (χ1v) is 6.04. The van der Waals surface area contributed by atoms with Crippen LogP contribution in [0.5, 0.6) is 11.5 Å². The number of H-pyrrole nitrogens is 1. The summed E-state index contributed by atoms with van der Waals surface area (Å²) in [5.41, 5.74) is 1.16. The molecule has 0 aliphatic rings. The lowest BCUT2D eigenvalue weighted by Crippen LogP contribution is -2.04. The van der Waals surface area contributed by atoms with Crippen LogP contribution < -0.4 is 5.56 Å². The number of phenols is 2. The van der Waals surface area contributed by atoms with Gasteiger partial charge in [0.1, 0.15) is 22.7 Å². The van der Waals surface area contributed by atoms with Crippen LogP contribution in [0.1, 0.15) is 0 Å².